The number of aromatic nitrogens is 2. The molecule has 1 atom stereocenters. The Morgan fingerprint density at radius 1 is 1.33 bits per heavy atom. The van der Waals surface area contributed by atoms with Gasteiger partial charge in [-0.15, -0.1) is 0 Å². The highest BCUT2D eigenvalue weighted by Crippen LogP contribution is 2.29. The van der Waals surface area contributed by atoms with Crippen LogP contribution in [-0.4, -0.2) is 70.0 Å². The van der Waals surface area contributed by atoms with Crippen LogP contribution in [0.1, 0.15) is 44.0 Å². The van der Waals surface area contributed by atoms with E-state index in [9.17, 15) is 18.0 Å². The number of nitrogens with one attached hydrogen (secondary N) is 1. The van der Waals surface area contributed by atoms with E-state index < -0.39 is 12.1 Å². The molecule has 2 aliphatic rings. The summed E-state index contributed by atoms with van der Waals surface area (Å²) in [4.78, 5) is 28.5. The van der Waals surface area contributed by atoms with Crippen molar-refractivity contribution in [2.45, 2.75) is 51.4 Å². The molecule has 3 rings (SSSR count). The number of ether oxygens (including phenoxy) is 1. The van der Waals surface area contributed by atoms with Gasteiger partial charge in [0.15, 0.2) is 0 Å². The first-order valence-corrected chi connectivity index (χ1v) is 9.89. The largest absolute Gasteiger partial charge is 0.490 e. The number of fused-ring (bicyclic) bond motifs is 1. The van der Waals surface area contributed by atoms with E-state index in [1.807, 2.05) is 31.8 Å². The molecule has 0 aromatic carbocycles. The first-order valence-electron chi connectivity index (χ1n) is 9.89. The lowest BCUT2D eigenvalue weighted by Crippen LogP contribution is -2.45. The summed E-state index contributed by atoms with van der Waals surface area (Å²) in [7, 11) is 1.98. The average Bonchev–Trinajstić information content (AvgIpc) is 3.02. The van der Waals surface area contributed by atoms with Crippen molar-refractivity contribution in [1.82, 2.24) is 19.8 Å². The molecule has 0 aliphatic carbocycles. The van der Waals surface area contributed by atoms with Crippen molar-refractivity contribution in [3.8, 4) is 0 Å². The summed E-state index contributed by atoms with van der Waals surface area (Å²) in [6, 6.07) is 0.157. The van der Waals surface area contributed by atoms with Crippen LogP contribution in [0, 0.1) is 5.92 Å². The number of amides is 1. The third kappa shape index (κ3) is 6.69. The fourth-order valence-electron chi connectivity index (χ4n) is 3.70. The molecule has 11 heteroatoms. The van der Waals surface area contributed by atoms with E-state index >= 15 is 0 Å². The van der Waals surface area contributed by atoms with Gasteiger partial charge in [-0.05, 0) is 32.6 Å². The minimum Gasteiger partial charge on any atom is -0.475 e. The number of carboxylic acids is 1. The van der Waals surface area contributed by atoms with Gasteiger partial charge < -0.3 is 19.7 Å². The Hall–Kier alpha value is -2.14. The zero-order valence-corrected chi connectivity index (χ0v) is 17.4. The van der Waals surface area contributed by atoms with Crippen molar-refractivity contribution in [1.29, 1.82) is 0 Å². The van der Waals surface area contributed by atoms with Crippen LogP contribution in [0.3, 0.4) is 0 Å². The number of hydrogen-bond donors (Lipinski definition) is 2. The van der Waals surface area contributed by atoms with Crippen LogP contribution in [0.2, 0.25) is 0 Å². The number of nitrogens with zero attached hydrogens (tertiary/aromatic N) is 3. The molecular formula is C19H29F3N4O4. The molecule has 1 aromatic rings. The van der Waals surface area contributed by atoms with E-state index in [1.54, 1.807) is 0 Å². The number of aliphatic carboxylic acids is 1. The first-order chi connectivity index (χ1) is 14.0. The van der Waals surface area contributed by atoms with Gasteiger partial charge >= 0.3 is 12.1 Å². The lowest BCUT2D eigenvalue weighted by atomic mass is 9.94. The smallest absolute Gasteiger partial charge is 0.475 e. The Morgan fingerprint density at radius 3 is 2.47 bits per heavy atom. The highest BCUT2D eigenvalue weighted by molar-refractivity contribution is 5.84. The molecule has 0 saturated carbocycles. The number of alkyl halides is 3. The number of imidazole rings is 1. The standard InChI is InChI=1S/C17H28N4O2.C2HF3O2/c1-12(2)19-17(22)14-9-21(8-13-4-6-23-7-5-13)10-15-16(14)20(3)11-18-15;3-2(4,5)1(6)7/h11-14H,4-10H2,1-3H3,(H,19,22);(H,6,7). The summed E-state index contributed by atoms with van der Waals surface area (Å²) >= 11 is 0. The second-order valence-electron chi connectivity index (χ2n) is 7.96. The molecule has 3 heterocycles. The predicted molar refractivity (Wildman–Crippen MR) is 102 cm³/mol. The SMILES string of the molecule is CC(C)NC(=O)C1CN(CC2CCOCC2)Cc2ncn(C)c21.O=C(O)C(F)(F)F. The summed E-state index contributed by atoms with van der Waals surface area (Å²) in [5, 5.41) is 10.2. The van der Waals surface area contributed by atoms with Crippen molar-refractivity contribution in [2.75, 3.05) is 26.3 Å². The monoisotopic (exact) mass is 434 g/mol. The van der Waals surface area contributed by atoms with Gasteiger partial charge in [-0.1, -0.05) is 0 Å². The maximum atomic E-state index is 12.7. The summed E-state index contributed by atoms with van der Waals surface area (Å²) in [6.07, 6.45) is -1.01. The van der Waals surface area contributed by atoms with Gasteiger partial charge in [-0.3, -0.25) is 9.69 Å². The summed E-state index contributed by atoms with van der Waals surface area (Å²) in [5.74, 6) is -2.11. The van der Waals surface area contributed by atoms with Gasteiger partial charge in [0.25, 0.3) is 0 Å². The third-order valence-electron chi connectivity index (χ3n) is 5.05. The quantitative estimate of drug-likeness (QED) is 0.752. The lowest BCUT2D eigenvalue weighted by Gasteiger charge is -2.35. The zero-order valence-electron chi connectivity index (χ0n) is 17.4. The Bertz CT molecular complexity index is 730. The molecule has 1 saturated heterocycles. The summed E-state index contributed by atoms with van der Waals surface area (Å²) in [6.45, 7) is 8.40. The van der Waals surface area contributed by atoms with Crippen molar-refractivity contribution < 1.29 is 32.6 Å². The number of halogens is 3. The minimum atomic E-state index is -5.08. The van der Waals surface area contributed by atoms with Crippen LogP contribution in [0.25, 0.3) is 0 Å². The van der Waals surface area contributed by atoms with Crippen LogP contribution in [0.15, 0.2) is 6.33 Å². The Labute approximate surface area is 173 Å². The second-order valence-corrected chi connectivity index (χ2v) is 7.96. The maximum absolute atomic E-state index is 12.7. The van der Waals surface area contributed by atoms with E-state index in [1.165, 1.54) is 0 Å². The summed E-state index contributed by atoms with van der Waals surface area (Å²) in [5.41, 5.74) is 2.13. The highest BCUT2D eigenvalue weighted by atomic mass is 19.4. The van der Waals surface area contributed by atoms with E-state index in [0.29, 0.717) is 5.92 Å². The molecule has 2 aliphatic heterocycles. The number of rotatable bonds is 4. The Morgan fingerprint density at radius 2 is 1.93 bits per heavy atom. The number of carbonyl (C=O) groups excluding carboxylic acids is 1. The molecule has 0 radical (unpaired) electrons. The molecule has 2 N–H and O–H groups in total. The molecule has 1 amide bonds. The maximum Gasteiger partial charge on any atom is 0.490 e. The normalized spacial score (nSPS) is 20.3. The topological polar surface area (TPSA) is 96.7 Å². The molecular weight excluding hydrogens is 405 g/mol. The number of hydrogen-bond acceptors (Lipinski definition) is 5. The molecule has 0 bridgehead atoms. The van der Waals surface area contributed by atoms with E-state index in [-0.39, 0.29) is 17.9 Å². The predicted octanol–water partition coefficient (Wildman–Crippen LogP) is 1.90. The van der Waals surface area contributed by atoms with Gasteiger partial charge in [0.1, 0.15) is 0 Å². The van der Waals surface area contributed by atoms with Gasteiger partial charge in [0, 0.05) is 45.9 Å². The van der Waals surface area contributed by atoms with Gasteiger partial charge in [-0.25, -0.2) is 9.78 Å². The number of carboxylic acid groups (broad SMARTS) is 1. The van der Waals surface area contributed by atoms with Crippen molar-refractivity contribution >= 4 is 11.9 Å². The Kier molecular flexibility index (Phi) is 8.25. The lowest BCUT2D eigenvalue weighted by molar-refractivity contribution is -0.192. The van der Waals surface area contributed by atoms with Crippen LogP contribution in [0.5, 0.6) is 0 Å². The molecule has 0 spiro atoms. The summed E-state index contributed by atoms with van der Waals surface area (Å²) < 4.78 is 39.2. The van der Waals surface area contributed by atoms with Crippen LogP contribution in [0.4, 0.5) is 13.2 Å². The van der Waals surface area contributed by atoms with Crippen LogP contribution < -0.4 is 5.32 Å². The second kappa shape index (κ2) is 10.3. The fourth-order valence-corrected chi connectivity index (χ4v) is 3.70. The van der Waals surface area contributed by atoms with E-state index in [4.69, 9.17) is 14.6 Å². The van der Waals surface area contributed by atoms with Gasteiger partial charge in [0.05, 0.1) is 23.6 Å². The highest BCUT2D eigenvalue weighted by Gasteiger charge is 2.38. The van der Waals surface area contributed by atoms with Crippen LogP contribution in [-0.2, 0) is 27.9 Å². The molecule has 1 fully saturated rings. The number of carbonyl (C=O) groups is 2. The van der Waals surface area contributed by atoms with Gasteiger partial charge in [-0.2, -0.15) is 13.2 Å². The van der Waals surface area contributed by atoms with E-state index in [0.717, 1.165) is 57.1 Å². The van der Waals surface area contributed by atoms with Crippen LogP contribution >= 0.6 is 0 Å². The Balaban J connectivity index is 0.000000396. The first kappa shape index (κ1) is 24.1. The zero-order chi connectivity index (χ0) is 22.5. The third-order valence-corrected chi connectivity index (χ3v) is 5.05. The molecule has 8 nitrogen and oxygen atoms in total. The minimum absolute atomic E-state index is 0.113. The van der Waals surface area contributed by atoms with Crippen molar-refractivity contribution in [2.24, 2.45) is 13.0 Å². The fraction of sp³-hybridized carbons (Fsp3) is 0.737. The molecule has 1 aromatic heterocycles. The van der Waals surface area contributed by atoms with Crippen molar-refractivity contribution in [3.63, 3.8) is 0 Å². The molecule has 1 unspecified atom stereocenters. The van der Waals surface area contributed by atoms with E-state index in [2.05, 4.69) is 15.2 Å². The molecule has 170 valence electrons. The van der Waals surface area contributed by atoms with Crippen molar-refractivity contribution in [3.05, 3.63) is 17.7 Å². The molecule has 30 heavy (non-hydrogen) atoms. The number of aryl methyl sites for hydroxylation is 1. The average molecular weight is 434 g/mol. The van der Waals surface area contributed by atoms with Gasteiger partial charge in [0.2, 0.25) is 5.91 Å².